The van der Waals surface area contributed by atoms with Crippen molar-refractivity contribution in [1.29, 1.82) is 0 Å². The highest BCUT2D eigenvalue weighted by molar-refractivity contribution is 5.87. The Labute approximate surface area is 255 Å². The summed E-state index contributed by atoms with van der Waals surface area (Å²) in [5.41, 5.74) is 1.88. The van der Waals surface area contributed by atoms with Gasteiger partial charge in [-0.25, -0.2) is 13.8 Å². The van der Waals surface area contributed by atoms with Crippen molar-refractivity contribution in [3.63, 3.8) is 0 Å². The fourth-order valence-electron chi connectivity index (χ4n) is 6.45. The van der Waals surface area contributed by atoms with Crippen LogP contribution in [0.4, 0.5) is 27.6 Å². The molecule has 6 rings (SSSR count). The number of alkyl halides is 5. The van der Waals surface area contributed by atoms with E-state index in [0.29, 0.717) is 30.8 Å². The molecule has 44 heavy (non-hydrogen) atoms. The number of piperazine rings is 1. The number of imidazole rings is 1. The van der Waals surface area contributed by atoms with E-state index in [0.717, 1.165) is 42.4 Å². The van der Waals surface area contributed by atoms with Crippen LogP contribution in [0.25, 0.3) is 11.2 Å². The number of nitrogens with zero attached hydrogens (tertiary/aromatic N) is 5. The van der Waals surface area contributed by atoms with Gasteiger partial charge in [0.1, 0.15) is 17.0 Å². The molecule has 2 aromatic heterocycles. The van der Waals surface area contributed by atoms with E-state index in [2.05, 4.69) is 9.80 Å². The summed E-state index contributed by atoms with van der Waals surface area (Å²) in [6.07, 6.45) is -2.47. The molecular weight excluding hydrogens is 581 g/mol. The molecule has 2 saturated heterocycles. The standard InChI is InChI=1S/C26H30F5N5O.C4H8O.C2H6/c1-15-14-35(9-10-36(15)20-11-21(37)34(4)24-22(20)32-16(2)33(24)3)23(18-12-25(27,28)13-18)17-5-7-19(8-6-17)26(29,30)31;1-2-4-5-3-1;1-2/h5-8,11,15,18,23H,9-10,12-14H2,1-4H3;1-4H2;1-2H3. The molecule has 4 heterocycles. The minimum Gasteiger partial charge on any atom is -0.381 e. The van der Waals surface area contributed by atoms with Crippen molar-refractivity contribution in [1.82, 2.24) is 19.0 Å². The van der Waals surface area contributed by atoms with E-state index < -0.39 is 23.7 Å². The fourth-order valence-corrected chi connectivity index (χ4v) is 6.45. The van der Waals surface area contributed by atoms with Gasteiger partial charge in [-0.1, -0.05) is 26.0 Å². The van der Waals surface area contributed by atoms with Gasteiger partial charge >= 0.3 is 6.18 Å². The summed E-state index contributed by atoms with van der Waals surface area (Å²) < 4.78 is 75.4. The lowest BCUT2D eigenvalue weighted by Gasteiger charge is -2.49. The van der Waals surface area contributed by atoms with Crippen LogP contribution in [0.2, 0.25) is 0 Å². The third-order valence-corrected chi connectivity index (χ3v) is 8.78. The number of anilines is 1. The lowest BCUT2D eigenvalue weighted by atomic mass is 9.73. The van der Waals surface area contributed by atoms with Crippen molar-refractivity contribution in [3.05, 3.63) is 57.6 Å². The van der Waals surface area contributed by atoms with Gasteiger partial charge in [0.15, 0.2) is 0 Å². The van der Waals surface area contributed by atoms with Crippen LogP contribution in [0.15, 0.2) is 35.1 Å². The van der Waals surface area contributed by atoms with Crippen LogP contribution in [0.3, 0.4) is 0 Å². The van der Waals surface area contributed by atoms with E-state index in [-0.39, 0.29) is 30.4 Å². The summed E-state index contributed by atoms with van der Waals surface area (Å²) >= 11 is 0. The second-order valence-corrected chi connectivity index (χ2v) is 11.8. The summed E-state index contributed by atoms with van der Waals surface area (Å²) in [7, 11) is 3.57. The molecule has 0 radical (unpaired) electrons. The third-order valence-electron chi connectivity index (χ3n) is 8.78. The van der Waals surface area contributed by atoms with Gasteiger partial charge in [0.05, 0.1) is 11.3 Å². The Morgan fingerprint density at radius 1 is 1.00 bits per heavy atom. The maximum atomic E-state index is 13.8. The highest BCUT2D eigenvalue weighted by Gasteiger charge is 2.50. The van der Waals surface area contributed by atoms with Crippen LogP contribution in [-0.4, -0.2) is 63.8 Å². The first-order valence-electron chi connectivity index (χ1n) is 15.4. The predicted molar refractivity (Wildman–Crippen MR) is 162 cm³/mol. The Morgan fingerprint density at radius 3 is 2.11 bits per heavy atom. The lowest BCUT2D eigenvalue weighted by molar-refractivity contribution is -0.137. The Bertz CT molecular complexity index is 1450. The molecule has 12 heteroatoms. The van der Waals surface area contributed by atoms with E-state index >= 15 is 0 Å². The molecule has 0 amide bonds. The second-order valence-electron chi connectivity index (χ2n) is 11.8. The Morgan fingerprint density at radius 2 is 1.61 bits per heavy atom. The molecule has 1 aliphatic carbocycles. The van der Waals surface area contributed by atoms with Crippen LogP contribution in [0.5, 0.6) is 0 Å². The van der Waals surface area contributed by atoms with E-state index in [1.807, 2.05) is 39.3 Å². The lowest BCUT2D eigenvalue weighted by Crippen LogP contribution is -2.56. The summed E-state index contributed by atoms with van der Waals surface area (Å²) in [4.78, 5) is 21.7. The Balaban J connectivity index is 0.000000565. The third kappa shape index (κ3) is 7.11. The molecular formula is C32H44F5N5O2. The molecule has 0 N–H and O–H groups in total. The van der Waals surface area contributed by atoms with Crippen LogP contribution < -0.4 is 10.5 Å². The van der Waals surface area contributed by atoms with Gasteiger partial charge in [-0.3, -0.25) is 14.3 Å². The number of ether oxygens (including phenoxy) is 1. The molecule has 2 atom stereocenters. The van der Waals surface area contributed by atoms with Crippen LogP contribution in [0.1, 0.15) is 69.4 Å². The van der Waals surface area contributed by atoms with Gasteiger partial charge in [0.25, 0.3) is 5.56 Å². The summed E-state index contributed by atoms with van der Waals surface area (Å²) in [5, 5.41) is 0. The molecule has 3 aliphatic rings. The number of hydrogen-bond acceptors (Lipinski definition) is 5. The maximum absolute atomic E-state index is 13.8. The first-order chi connectivity index (χ1) is 20.8. The molecule has 1 aromatic carbocycles. The monoisotopic (exact) mass is 625 g/mol. The molecule has 3 aromatic rings. The smallest absolute Gasteiger partial charge is 0.381 e. The first kappa shape index (κ1) is 33.9. The Kier molecular flexibility index (Phi) is 10.4. The number of benzene rings is 1. The van der Waals surface area contributed by atoms with Gasteiger partial charge < -0.3 is 14.2 Å². The molecule has 2 aliphatic heterocycles. The van der Waals surface area contributed by atoms with Gasteiger partial charge in [-0.05, 0) is 50.3 Å². The first-order valence-corrected chi connectivity index (χ1v) is 15.4. The SMILES string of the molecule is C1CCOC1.CC.Cc1nc2c(N3CCN(C(c4ccc(C(F)(F)F)cc4)C4CC(F)(F)C4)CC3C)cc(=O)n(C)c2n1C. The van der Waals surface area contributed by atoms with Gasteiger partial charge in [-0.2, -0.15) is 13.2 Å². The normalized spacial score (nSPS) is 21.2. The fraction of sp³-hybridized carbons (Fsp3) is 0.625. The number of aryl methyl sites for hydroxylation is 3. The maximum Gasteiger partial charge on any atom is 0.416 e. The summed E-state index contributed by atoms with van der Waals surface area (Å²) in [5.74, 6) is -2.31. The van der Waals surface area contributed by atoms with Crippen molar-refractivity contribution >= 4 is 16.9 Å². The van der Waals surface area contributed by atoms with Gasteiger partial charge in [0.2, 0.25) is 5.92 Å². The van der Waals surface area contributed by atoms with Crippen molar-refractivity contribution in [2.24, 2.45) is 20.0 Å². The Hall–Kier alpha value is -2.99. The van der Waals surface area contributed by atoms with Crippen LogP contribution in [0, 0.1) is 12.8 Å². The zero-order chi connectivity index (χ0) is 32.4. The number of fused-ring (bicyclic) bond motifs is 1. The van der Waals surface area contributed by atoms with Crippen LogP contribution in [-0.2, 0) is 25.0 Å². The van der Waals surface area contributed by atoms with Crippen molar-refractivity contribution in [3.8, 4) is 0 Å². The van der Waals surface area contributed by atoms with Gasteiger partial charge in [-0.15, -0.1) is 0 Å². The number of aromatic nitrogens is 3. The summed E-state index contributed by atoms with van der Waals surface area (Å²) in [6, 6.07) is 5.98. The highest BCUT2D eigenvalue weighted by Crippen LogP contribution is 2.51. The topological polar surface area (TPSA) is 55.5 Å². The number of halogens is 5. The van der Waals surface area contributed by atoms with Crippen LogP contribution >= 0.6 is 0 Å². The minimum absolute atomic E-state index is 0.0797. The average Bonchev–Trinajstić information content (AvgIpc) is 3.64. The van der Waals surface area contributed by atoms with Crippen molar-refractivity contribution in [2.45, 2.75) is 77.6 Å². The largest absolute Gasteiger partial charge is 0.416 e. The molecule has 7 nitrogen and oxygen atoms in total. The van der Waals surface area contributed by atoms with E-state index in [1.54, 1.807) is 17.7 Å². The predicted octanol–water partition coefficient (Wildman–Crippen LogP) is 6.72. The molecule has 0 spiro atoms. The summed E-state index contributed by atoms with van der Waals surface area (Å²) in [6.45, 7) is 11.4. The molecule has 3 fully saturated rings. The molecule has 1 saturated carbocycles. The molecule has 244 valence electrons. The van der Waals surface area contributed by atoms with E-state index in [4.69, 9.17) is 9.72 Å². The molecule has 2 unspecified atom stereocenters. The zero-order valence-electron chi connectivity index (χ0n) is 26.4. The average molecular weight is 626 g/mol. The number of pyridine rings is 1. The molecule has 0 bridgehead atoms. The minimum atomic E-state index is -4.46. The number of hydrogen-bond donors (Lipinski definition) is 0. The van der Waals surface area contributed by atoms with E-state index in [1.165, 1.54) is 25.0 Å². The highest BCUT2D eigenvalue weighted by atomic mass is 19.4. The second kappa shape index (κ2) is 13.6. The van der Waals surface area contributed by atoms with Gasteiger partial charge in [0, 0.05) is 77.9 Å². The number of rotatable bonds is 4. The van der Waals surface area contributed by atoms with Crippen molar-refractivity contribution < 1.29 is 26.7 Å². The zero-order valence-corrected chi connectivity index (χ0v) is 26.4. The quantitative estimate of drug-likeness (QED) is 0.302. The van der Waals surface area contributed by atoms with E-state index in [9.17, 15) is 26.7 Å². The van der Waals surface area contributed by atoms with Crippen molar-refractivity contribution in [2.75, 3.05) is 37.7 Å².